The van der Waals surface area contributed by atoms with Gasteiger partial charge >= 0.3 is 0 Å². The summed E-state index contributed by atoms with van der Waals surface area (Å²) in [6.07, 6.45) is 2.38. The van der Waals surface area contributed by atoms with E-state index in [4.69, 9.17) is 0 Å². The Kier molecular flexibility index (Phi) is 6.62. The Balaban J connectivity index is 1.49. The molecule has 1 atom stereocenters. The summed E-state index contributed by atoms with van der Waals surface area (Å²) < 4.78 is 0. The van der Waals surface area contributed by atoms with Crippen LogP contribution in [0.2, 0.25) is 0 Å². The molecule has 3 rings (SSSR count). The lowest BCUT2D eigenvalue weighted by Gasteiger charge is -2.31. The molecular formula is C22H30N2O. The van der Waals surface area contributed by atoms with E-state index in [1.165, 1.54) is 41.6 Å². The third-order valence-corrected chi connectivity index (χ3v) is 5.18. The number of aryl methyl sites for hydroxylation is 1. The average Bonchev–Trinajstić information content (AvgIpc) is 2.66. The molecule has 2 aromatic carbocycles. The van der Waals surface area contributed by atoms with Crippen molar-refractivity contribution in [3.05, 3.63) is 59.7 Å². The maximum atomic E-state index is 9.33. The molecule has 0 radical (unpaired) electrons. The predicted molar refractivity (Wildman–Crippen MR) is 105 cm³/mol. The lowest BCUT2D eigenvalue weighted by molar-refractivity contribution is 0.121. The van der Waals surface area contributed by atoms with Crippen LogP contribution in [0.1, 0.15) is 24.0 Å². The second-order valence-electron chi connectivity index (χ2n) is 7.18. The van der Waals surface area contributed by atoms with Crippen molar-refractivity contribution in [3.63, 3.8) is 0 Å². The van der Waals surface area contributed by atoms with E-state index < -0.39 is 0 Å². The van der Waals surface area contributed by atoms with Crippen LogP contribution in [0.15, 0.2) is 48.5 Å². The molecule has 0 bridgehead atoms. The first-order chi connectivity index (χ1) is 12.3. The first-order valence-corrected chi connectivity index (χ1v) is 9.45. The standard InChI is InChI=1S/C22H30N2O/c1-18-6-2-3-10-22(18)21-9-4-7-19(14-21)15-23-11-13-24-12-5-8-20(16-24)17-25/h2-4,6-7,9-10,14,20,23,25H,5,8,11-13,15-17H2,1H3. The fourth-order valence-electron chi connectivity index (χ4n) is 3.72. The fraction of sp³-hybridized carbons (Fsp3) is 0.455. The Bertz CT molecular complexity index is 671. The number of nitrogens with one attached hydrogen (secondary N) is 1. The zero-order valence-electron chi connectivity index (χ0n) is 15.2. The predicted octanol–water partition coefficient (Wildman–Crippen LogP) is 3.46. The maximum absolute atomic E-state index is 9.33. The lowest BCUT2D eigenvalue weighted by atomic mass is 9.99. The van der Waals surface area contributed by atoms with Crippen LogP contribution in [0.5, 0.6) is 0 Å². The highest BCUT2D eigenvalue weighted by molar-refractivity contribution is 5.67. The van der Waals surface area contributed by atoms with Crippen molar-refractivity contribution in [2.75, 3.05) is 32.8 Å². The average molecular weight is 338 g/mol. The highest BCUT2D eigenvalue weighted by atomic mass is 16.3. The van der Waals surface area contributed by atoms with Gasteiger partial charge in [0.25, 0.3) is 0 Å². The second kappa shape index (κ2) is 9.14. The molecule has 25 heavy (non-hydrogen) atoms. The fourth-order valence-corrected chi connectivity index (χ4v) is 3.72. The Morgan fingerprint density at radius 3 is 2.88 bits per heavy atom. The van der Waals surface area contributed by atoms with E-state index in [1.54, 1.807) is 0 Å². The van der Waals surface area contributed by atoms with Crippen LogP contribution in [0, 0.1) is 12.8 Å². The SMILES string of the molecule is Cc1ccccc1-c1cccc(CNCCN2CCCC(CO)C2)c1. The molecule has 1 aliphatic heterocycles. The molecule has 2 N–H and O–H groups in total. The summed E-state index contributed by atoms with van der Waals surface area (Å²) in [5.74, 6) is 0.472. The highest BCUT2D eigenvalue weighted by Crippen LogP contribution is 2.23. The lowest BCUT2D eigenvalue weighted by Crippen LogP contribution is -2.40. The molecule has 3 heteroatoms. The molecule has 0 amide bonds. The van der Waals surface area contributed by atoms with Crippen molar-refractivity contribution < 1.29 is 5.11 Å². The number of benzene rings is 2. The minimum atomic E-state index is 0.329. The van der Waals surface area contributed by atoms with Gasteiger partial charge in [-0.3, -0.25) is 0 Å². The number of nitrogens with zero attached hydrogens (tertiary/aromatic N) is 1. The van der Waals surface area contributed by atoms with Crippen LogP contribution in [0.3, 0.4) is 0 Å². The normalized spacial score (nSPS) is 18.4. The van der Waals surface area contributed by atoms with Crippen LogP contribution < -0.4 is 5.32 Å². The van der Waals surface area contributed by atoms with Gasteiger partial charge in [0.2, 0.25) is 0 Å². The zero-order chi connectivity index (χ0) is 17.5. The summed E-state index contributed by atoms with van der Waals surface area (Å²) >= 11 is 0. The molecule has 1 saturated heterocycles. The number of aliphatic hydroxyl groups is 1. The first kappa shape index (κ1) is 18.1. The molecule has 1 unspecified atom stereocenters. The zero-order valence-corrected chi connectivity index (χ0v) is 15.2. The second-order valence-corrected chi connectivity index (χ2v) is 7.18. The number of rotatable bonds is 7. The maximum Gasteiger partial charge on any atom is 0.0471 e. The molecule has 3 nitrogen and oxygen atoms in total. The Morgan fingerprint density at radius 2 is 2.04 bits per heavy atom. The molecule has 1 aliphatic rings. The molecule has 1 fully saturated rings. The van der Waals surface area contributed by atoms with Crippen molar-refractivity contribution in [2.24, 2.45) is 5.92 Å². The molecule has 1 heterocycles. The largest absolute Gasteiger partial charge is 0.396 e. The summed E-state index contributed by atoms with van der Waals surface area (Å²) in [6, 6.07) is 17.4. The van der Waals surface area contributed by atoms with Crippen molar-refractivity contribution >= 4 is 0 Å². The van der Waals surface area contributed by atoms with Gasteiger partial charge in [-0.15, -0.1) is 0 Å². The van der Waals surface area contributed by atoms with Crippen LogP contribution >= 0.6 is 0 Å². The summed E-state index contributed by atoms with van der Waals surface area (Å²) in [5, 5.41) is 12.9. The number of aliphatic hydroxyl groups excluding tert-OH is 1. The van der Waals surface area contributed by atoms with E-state index in [0.29, 0.717) is 12.5 Å². The Labute approximate surface area is 151 Å². The smallest absolute Gasteiger partial charge is 0.0471 e. The van der Waals surface area contributed by atoms with Gasteiger partial charge < -0.3 is 15.3 Å². The van der Waals surface area contributed by atoms with E-state index >= 15 is 0 Å². The number of hydrogen-bond donors (Lipinski definition) is 2. The van der Waals surface area contributed by atoms with Crippen LogP contribution in [-0.2, 0) is 6.54 Å². The van der Waals surface area contributed by atoms with Gasteiger partial charge in [-0.25, -0.2) is 0 Å². The third-order valence-electron chi connectivity index (χ3n) is 5.18. The van der Waals surface area contributed by atoms with Crippen LogP contribution in [0.4, 0.5) is 0 Å². The van der Waals surface area contributed by atoms with Crippen molar-refractivity contribution in [2.45, 2.75) is 26.3 Å². The Hall–Kier alpha value is -1.68. The van der Waals surface area contributed by atoms with Gasteiger partial charge in [-0.1, -0.05) is 42.5 Å². The summed E-state index contributed by atoms with van der Waals surface area (Å²) in [7, 11) is 0. The topological polar surface area (TPSA) is 35.5 Å². The van der Waals surface area contributed by atoms with E-state index in [-0.39, 0.29) is 0 Å². The van der Waals surface area contributed by atoms with E-state index in [9.17, 15) is 5.11 Å². The van der Waals surface area contributed by atoms with Gasteiger partial charge in [0, 0.05) is 32.8 Å². The number of hydrogen-bond acceptors (Lipinski definition) is 3. The van der Waals surface area contributed by atoms with Gasteiger partial charge in [-0.05, 0) is 60.5 Å². The van der Waals surface area contributed by atoms with Crippen molar-refractivity contribution in [1.82, 2.24) is 10.2 Å². The molecule has 0 aliphatic carbocycles. The molecule has 0 spiro atoms. The number of likely N-dealkylation sites (tertiary alicyclic amines) is 1. The monoisotopic (exact) mass is 338 g/mol. The molecule has 0 saturated carbocycles. The van der Waals surface area contributed by atoms with Gasteiger partial charge in [0.15, 0.2) is 0 Å². The van der Waals surface area contributed by atoms with Crippen molar-refractivity contribution in [1.29, 1.82) is 0 Å². The van der Waals surface area contributed by atoms with Gasteiger partial charge in [-0.2, -0.15) is 0 Å². The van der Waals surface area contributed by atoms with E-state index in [1.807, 2.05) is 0 Å². The van der Waals surface area contributed by atoms with Crippen molar-refractivity contribution in [3.8, 4) is 11.1 Å². The number of piperidine rings is 1. The van der Waals surface area contributed by atoms with E-state index in [2.05, 4.69) is 65.7 Å². The van der Waals surface area contributed by atoms with Crippen LogP contribution in [-0.4, -0.2) is 42.8 Å². The summed E-state index contributed by atoms with van der Waals surface area (Å²) in [6.45, 7) is 7.66. The van der Waals surface area contributed by atoms with Crippen LogP contribution in [0.25, 0.3) is 11.1 Å². The highest BCUT2D eigenvalue weighted by Gasteiger charge is 2.18. The minimum Gasteiger partial charge on any atom is -0.396 e. The molecular weight excluding hydrogens is 308 g/mol. The molecule has 0 aromatic heterocycles. The Morgan fingerprint density at radius 1 is 1.16 bits per heavy atom. The molecule has 2 aromatic rings. The summed E-state index contributed by atoms with van der Waals surface area (Å²) in [4.78, 5) is 2.47. The van der Waals surface area contributed by atoms with Gasteiger partial charge in [0.05, 0.1) is 0 Å². The minimum absolute atomic E-state index is 0.329. The first-order valence-electron chi connectivity index (χ1n) is 9.45. The van der Waals surface area contributed by atoms with E-state index in [0.717, 1.165) is 26.2 Å². The third kappa shape index (κ3) is 5.15. The summed E-state index contributed by atoms with van der Waals surface area (Å²) in [5.41, 5.74) is 5.25. The quantitative estimate of drug-likeness (QED) is 0.759. The molecule has 134 valence electrons. The van der Waals surface area contributed by atoms with Gasteiger partial charge in [0.1, 0.15) is 0 Å².